The number of nitrogens with zero attached hydrogens (tertiary/aromatic N) is 3. The second-order valence-electron chi connectivity index (χ2n) is 16.0. The quantitative estimate of drug-likeness (QED) is 0.0471. The van der Waals surface area contributed by atoms with Gasteiger partial charge in [-0.1, -0.05) is 89.2 Å². The molecular weight excluding hydrogens is 843 g/mol. The number of unbranched alkanes of at least 4 members (excludes halogenated alkanes) is 13. The number of aliphatic hydroxyl groups excluding tert-OH is 1. The van der Waals surface area contributed by atoms with Gasteiger partial charge < -0.3 is 45.1 Å². The molecule has 0 radical (unpaired) electrons. The molecule has 65 heavy (non-hydrogen) atoms. The number of tetrazole rings is 1. The standard InChI is InChI=1S/C27H49N5O5.C19H36N2O7/c1-2-37-22-16-17-23(33)20-21-24(27(35)36)28-26(34)19-15-13-11-9-7-5-3-4-6-8-10-12-14-18-25-29-31-32-30-25;1-3-16(17(23)13-22)7-5-6-8-20-19(25)15-28-12-11-27-10-9-21-18(24)14-26-4-2/h24H,2-22H2,1H3,(H,28,34)(H,35,36)(H,29,30,31,32);16,22H,3-15H2,1-2H3,(H,20,25)(H,21,24)/t24-;16-/m00/s1. The Morgan fingerprint density at radius 1 is 0.600 bits per heavy atom. The average Bonchev–Trinajstić information content (AvgIpc) is 3.82. The number of amides is 3. The van der Waals surface area contributed by atoms with Crippen molar-refractivity contribution in [2.75, 3.05) is 72.6 Å². The van der Waals surface area contributed by atoms with E-state index in [4.69, 9.17) is 24.1 Å². The molecule has 0 spiro atoms. The first-order chi connectivity index (χ1) is 31.6. The number of aryl methyl sites for hydroxylation is 1. The number of carboxylic acid groups (broad SMARTS) is 1. The Morgan fingerprint density at radius 3 is 1.78 bits per heavy atom. The summed E-state index contributed by atoms with van der Waals surface area (Å²) in [6.45, 7) is 8.85. The average molecular weight is 928 g/mol. The van der Waals surface area contributed by atoms with Crippen molar-refractivity contribution in [1.29, 1.82) is 0 Å². The summed E-state index contributed by atoms with van der Waals surface area (Å²) in [5.74, 6) is -1.10. The zero-order valence-electron chi connectivity index (χ0n) is 40.0. The van der Waals surface area contributed by atoms with E-state index in [9.17, 15) is 33.9 Å². The lowest BCUT2D eigenvalue weighted by atomic mass is 9.95. The largest absolute Gasteiger partial charge is 0.480 e. The fourth-order valence-corrected chi connectivity index (χ4v) is 6.68. The molecule has 19 nitrogen and oxygen atoms in total. The molecule has 1 aromatic heterocycles. The van der Waals surface area contributed by atoms with Crippen LogP contribution in [0, 0.1) is 5.92 Å². The van der Waals surface area contributed by atoms with Gasteiger partial charge in [-0.05, 0) is 58.8 Å². The van der Waals surface area contributed by atoms with Gasteiger partial charge >= 0.3 is 5.97 Å². The third kappa shape index (κ3) is 40.1. The lowest BCUT2D eigenvalue weighted by Gasteiger charge is -2.14. The maximum atomic E-state index is 12.1. The summed E-state index contributed by atoms with van der Waals surface area (Å²) in [4.78, 5) is 69.8. The van der Waals surface area contributed by atoms with E-state index in [0.29, 0.717) is 72.0 Å². The van der Waals surface area contributed by atoms with Gasteiger partial charge in [-0.25, -0.2) is 4.79 Å². The predicted octanol–water partition coefficient (Wildman–Crippen LogP) is 4.99. The molecule has 0 aliphatic heterocycles. The minimum Gasteiger partial charge on any atom is -0.480 e. The van der Waals surface area contributed by atoms with Crippen molar-refractivity contribution in [2.24, 2.45) is 5.92 Å². The lowest BCUT2D eigenvalue weighted by Crippen LogP contribution is -2.41. The van der Waals surface area contributed by atoms with Gasteiger partial charge in [0, 0.05) is 64.5 Å². The predicted molar refractivity (Wildman–Crippen MR) is 246 cm³/mol. The summed E-state index contributed by atoms with van der Waals surface area (Å²) in [7, 11) is 0. The second kappa shape index (κ2) is 45.3. The topological polar surface area (TPSA) is 270 Å². The number of aromatic nitrogens is 4. The van der Waals surface area contributed by atoms with E-state index in [0.717, 1.165) is 63.6 Å². The van der Waals surface area contributed by atoms with E-state index in [2.05, 4.69) is 36.6 Å². The van der Waals surface area contributed by atoms with Crippen molar-refractivity contribution in [2.45, 2.75) is 174 Å². The van der Waals surface area contributed by atoms with E-state index in [1.54, 1.807) is 0 Å². The normalized spacial score (nSPS) is 11.9. The van der Waals surface area contributed by atoms with Crippen molar-refractivity contribution >= 4 is 35.3 Å². The highest BCUT2D eigenvalue weighted by Crippen LogP contribution is 2.15. The van der Waals surface area contributed by atoms with Crippen LogP contribution >= 0.6 is 0 Å². The minimum absolute atomic E-state index is 0.00779. The first-order valence-electron chi connectivity index (χ1n) is 24.3. The molecule has 0 unspecified atom stereocenters. The second-order valence-corrected chi connectivity index (χ2v) is 16.0. The highest BCUT2D eigenvalue weighted by molar-refractivity contribution is 5.85. The maximum absolute atomic E-state index is 12.1. The Kier molecular flexibility index (Phi) is 42.5. The first-order valence-corrected chi connectivity index (χ1v) is 24.3. The van der Waals surface area contributed by atoms with Crippen LogP contribution in [0.3, 0.4) is 0 Å². The van der Waals surface area contributed by atoms with Crippen LogP contribution in [0.25, 0.3) is 0 Å². The SMILES string of the molecule is CCOCC(=O)NCCOCCOCC(=O)NCCCC[C@H](CC)C(=O)CO.CCOCCCC(=O)CC[C@H](NC(=O)CCCCCCCCCCCCCCCc1nn[nH]n1)C(=O)O. The van der Waals surface area contributed by atoms with Gasteiger partial charge in [0.25, 0.3) is 0 Å². The van der Waals surface area contributed by atoms with Crippen molar-refractivity contribution in [3.63, 3.8) is 0 Å². The molecule has 1 heterocycles. The summed E-state index contributed by atoms with van der Waals surface area (Å²) in [6.07, 6.45) is 20.9. The number of hydrogen-bond acceptors (Lipinski definition) is 14. The smallest absolute Gasteiger partial charge is 0.326 e. The minimum atomic E-state index is -1.09. The number of rotatable bonds is 45. The Balaban J connectivity index is 0.00000131. The Labute approximate surface area is 387 Å². The fraction of sp³-hybridized carbons (Fsp3) is 0.848. The van der Waals surface area contributed by atoms with E-state index in [1.807, 2.05) is 20.8 Å². The summed E-state index contributed by atoms with van der Waals surface area (Å²) < 4.78 is 20.7. The lowest BCUT2D eigenvalue weighted by molar-refractivity contribution is -0.142. The van der Waals surface area contributed by atoms with E-state index < -0.39 is 18.6 Å². The number of aromatic amines is 1. The van der Waals surface area contributed by atoms with Gasteiger partial charge in [-0.3, -0.25) is 24.0 Å². The number of hydrogen-bond donors (Lipinski definition) is 6. The van der Waals surface area contributed by atoms with E-state index >= 15 is 0 Å². The molecule has 0 bridgehead atoms. The molecular formula is C46H85N7O12. The van der Waals surface area contributed by atoms with Gasteiger partial charge in [0.2, 0.25) is 17.7 Å². The number of nitrogens with one attached hydrogen (secondary N) is 4. The summed E-state index contributed by atoms with van der Waals surface area (Å²) in [6, 6.07) is -1.000. The number of carboxylic acids is 1. The molecule has 3 amide bonds. The van der Waals surface area contributed by atoms with Crippen LogP contribution < -0.4 is 16.0 Å². The van der Waals surface area contributed by atoms with Crippen molar-refractivity contribution in [3.05, 3.63) is 5.82 Å². The van der Waals surface area contributed by atoms with Crippen molar-refractivity contribution in [3.8, 4) is 0 Å². The third-order valence-corrected chi connectivity index (χ3v) is 10.5. The van der Waals surface area contributed by atoms with Gasteiger partial charge in [0.15, 0.2) is 11.6 Å². The summed E-state index contributed by atoms with van der Waals surface area (Å²) in [5, 5.41) is 40.2. The monoisotopic (exact) mass is 928 g/mol. The first kappa shape index (κ1) is 61.1. The Morgan fingerprint density at radius 2 is 1.20 bits per heavy atom. The number of ketones is 2. The Bertz CT molecular complexity index is 1340. The van der Waals surface area contributed by atoms with E-state index in [1.165, 1.54) is 57.8 Å². The van der Waals surface area contributed by atoms with Crippen LogP contribution in [0.1, 0.15) is 168 Å². The fourth-order valence-electron chi connectivity index (χ4n) is 6.68. The molecule has 0 fully saturated rings. The van der Waals surface area contributed by atoms with Crippen LogP contribution in [-0.4, -0.2) is 145 Å². The van der Waals surface area contributed by atoms with Gasteiger partial charge in [-0.15, -0.1) is 10.2 Å². The van der Waals surface area contributed by atoms with E-state index in [-0.39, 0.29) is 61.3 Å². The van der Waals surface area contributed by atoms with Crippen LogP contribution in [0.4, 0.5) is 0 Å². The van der Waals surface area contributed by atoms with Crippen LogP contribution in [0.5, 0.6) is 0 Å². The number of Topliss-reactive ketones (excluding diaryl/α,β-unsaturated/α-hetero) is 2. The number of aliphatic hydroxyl groups is 1. The molecule has 2 atom stereocenters. The van der Waals surface area contributed by atoms with Crippen molar-refractivity contribution in [1.82, 2.24) is 36.6 Å². The molecule has 376 valence electrons. The summed E-state index contributed by atoms with van der Waals surface area (Å²) >= 11 is 0. The molecule has 1 rings (SSSR count). The molecule has 19 heteroatoms. The zero-order chi connectivity index (χ0) is 48.0. The van der Waals surface area contributed by atoms with Gasteiger partial charge in [0.1, 0.15) is 31.6 Å². The molecule has 0 aliphatic carbocycles. The van der Waals surface area contributed by atoms with Crippen LogP contribution in [0.15, 0.2) is 0 Å². The van der Waals surface area contributed by atoms with Gasteiger partial charge in [0.05, 0.1) is 19.8 Å². The molecule has 6 N–H and O–H groups in total. The number of aliphatic carboxylic acids is 1. The van der Waals surface area contributed by atoms with Crippen LogP contribution in [-0.2, 0) is 54.1 Å². The van der Waals surface area contributed by atoms with Crippen LogP contribution in [0.2, 0.25) is 0 Å². The zero-order valence-corrected chi connectivity index (χ0v) is 40.0. The molecule has 0 saturated carbocycles. The number of H-pyrrole nitrogens is 1. The third-order valence-electron chi connectivity index (χ3n) is 10.5. The molecule has 0 aliphatic rings. The summed E-state index contributed by atoms with van der Waals surface area (Å²) in [5.41, 5.74) is 0. The highest BCUT2D eigenvalue weighted by atomic mass is 16.5. The number of carbonyl (C=O) groups excluding carboxylic acids is 5. The molecule has 1 aromatic rings. The number of ether oxygens (including phenoxy) is 4. The Hall–Kier alpha value is -3.91. The highest BCUT2D eigenvalue weighted by Gasteiger charge is 2.21. The maximum Gasteiger partial charge on any atom is 0.326 e. The number of carbonyl (C=O) groups is 6. The van der Waals surface area contributed by atoms with Crippen molar-refractivity contribution < 1.29 is 57.9 Å². The van der Waals surface area contributed by atoms with Gasteiger partial charge in [-0.2, -0.15) is 5.21 Å². The molecule has 0 aromatic carbocycles. The molecule has 0 saturated heterocycles.